The molecule has 15 heavy (non-hydrogen) atoms. The van der Waals surface area contributed by atoms with Gasteiger partial charge in [0.15, 0.2) is 0 Å². The number of hydrogen-bond donors (Lipinski definition) is 1. The number of ether oxygens (including phenoxy) is 2. The zero-order chi connectivity index (χ0) is 11.7. The van der Waals surface area contributed by atoms with Gasteiger partial charge in [-0.25, -0.2) is 0 Å². The van der Waals surface area contributed by atoms with Crippen LogP contribution in [0.4, 0.5) is 0 Å². The smallest absolute Gasteiger partial charge is 0.309 e. The van der Waals surface area contributed by atoms with Crippen LogP contribution in [0.5, 0.6) is 0 Å². The molecule has 0 bridgehead atoms. The van der Waals surface area contributed by atoms with Crippen LogP contribution in [0.2, 0.25) is 0 Å². The summed E-state index contributed by atoms with van der Waals surface area (Å²) in [5.41, 5.74) is 0. The summed E-state index contributed by atoms with van der Waals surface area (Å²) < 4.78 is 9.98. The van der Waals surface area contributed by atoms with Crippen LogP contribution >= 0.6 is 0 Å². The fourth-order valence-corrected chi connectivity index (χ4v) is 1.23. The lowest BCUT2D eigenvalue weighted by molar-refractivity contribution is -0.147. The Labute approximate surface area is 92.3 Å². The normalized spacial score (nSPS) is 14.7. The third-order valence-electron chi connectivity index (χ3n) is 2.26. The first-order valence-corrected chi connectivity index (χ1v) is 5.54. The molecule has 0 spiro atoms. The van der Waals surface area contributed by atoms with E-state index in [2.05, 4.69) is 12.2 Å². The molecule has 2 atom stereocenters. The Kier molecular flexibility index (Phi) is 8.33. The van der Waals surface area contributed by atoms with Crippen LogP contribution in [0.3, 0.4) is 0 Å². The molecule has 0 aliphatic heterocycles. The van der Waals surface area contributed by atoms with Crippen LogP contribution in [0, 0.1) is 5.92 Å². The van der Waals surface area contributed by atoms with E-state index in [1.54, 1.807) is 7.11 Å². The van der Waals surface area contributed by atoms with E-state index in [9.17, 15) is 4.79 Å². The van der Waals surface area contributed by atoms with E-state index in [4.69, 9.17) is 9.47 Å². The van der Waals surface area contributed by atoms with Crippen molar-refractivity contribution < 1.29 is 14.3 Å². The first-order valence-electron chi connectivity index (χ1n) is 5.54. The van der Waals surface area contributed by atoms with E-state index in [-0.39, 0.29) is 11.9 Å². The zero-order valence-corrected chi connectivity index (χ0v) is 10.2. The summed E-state index contributed by atoms with van der Waals surface area (Å²) >= 11 is 0. The maximum atomic E-state index is 11.3. The molecule has 0 amide bonds. The van der Waals surface area contributed by atoms with Crippen molar-refractivity contribution in [3.8, 4) is 0 Å². The van der Waals surface area contributed by atoms with E-state index < -0.39 is 0 Å². The Morgan fingerprint density at radius 2 is 2.07 bits per heavy atom. The Morgan fingerprint density at radius 3 is 2.53 bits per heavy atom. The Bertz CT molecular complexity index is 173. The van der Waals surface area contributed by atoms with Gasteiger partial charge in [0.25, 0.3) is 0 Å². The van der Waals surface area contributed by atoms with Crippen LogP contribution < -0.4 is 5.32 Å². The average molecular weight is 217 g/mol. The van der Waals surface area contributed by atoms with E-state index in [0.29, 0.717) is 25.8 Å². The second-order valence-corrected chi connectivity index (χ2v) is 3.62. The lowest BCUT2D eigenvalue weighted by atomic mass is 10.1. The molecule has 4 heteroatoms. The maximum Gasteiger partial charge on any atom is 0.309 e. The number of nitrogens with one attached hydrogen (secondary N) is 1. The SMILES string of the molecule is CCOC(=O)C(C)CNC(CC)COC. The molecule has 0 rings (SSSR count). The van der Waals surface area contributed by atoms with Crippen molar-refractivity contribution in [2.45, 2.75) is 33.2 Å². The molecular formula is C11H23NO3. The maximum absolute atomic E-state index is 11.3. The number of hydrogen-bond acceptors (Lipinski definition) is 4. The number of esters is 1. The largest absolute Gasteiger partial charge is 0.466 e. The molecule has 0 aliphatic carbocycles. The van der Waals surface area contributed by atoms with Gasteiger partial charge in [0.2, 0.25) is 0 Å². The van der Waals surface area contributed by atoms with Crippen LogP contribution in [-0.4, -0.2) is 38.9 Å². The van der Waals surface area contributed by atoms with Gasteiger partial charge in [-0.1, -0.05) is 13.8 Å². The van der Waals surface area contributed by atoms with Gasteiger partial charge in [-0.3, -0.25) is 4.79 Å². The minimum absolute atomic E-state index is 0.101. The van der Waals surface area contributed by atoms with Crippen molar-refractivity contribution in [2.24, 2.45) is 5.92 Å². The molecular weight excluding hydrogens is 194 g/mol. The van der Waals surface area contributed by atoms with Gasteiger partial charge in [0, 0.05) is 19.7 Å². The molecule has 0 saturated heterocycles. The van der Waals surface area contributed by atoms with E-state index in [1.165, 1.54) is 0 Å². The Hall–Kier alpha value is -0.610. The van der Waals surface area contributed by atoms with Gasteiger partial charge in [0.05, 0.1) is 19.1 Å². The Morgan fingerprint density at radius 1 is 1.40 bits per heavy atom. The molecule has 0 aromatic carbocycles. The van der Waals surface area contributed by atoms with E-state index in [0.717, 1.165) is 6.42 Å². The van der Waals surface area contributed by atoms with Crippen molar-refractivity contribution in [1.29, 1.82) is 0 Å². The van der Waals surface area contributed by atoms with Crippen molar-refractivity contribution in [1.82, 2.24) is 5.32 Å². The van der Waals surface area contributed by atoms with Crippen LogP contribution in [0.15, 0.2) is 0 Å². The summed E-state index contributed by atoms with van der Waals surface area (Å²) in [6, 6.07) is 0.312. The first-order chi connectivity index (χ1) is 7.15. The number of methoxy groups -OCH3 is 1. The fourth-order valence-electron chi connectivity index (χ4n) is 1.23. The average Bonchev–Trinajstić information content (AvgIpc) is 2.24. The summed E-state index contributed by atoms with van der Waals surface area (Å²) in [6.45, 7) is 7.53. The van der Waals surface area contributed by atoms with Crippen LogP contribution in [0.1, 0.15) is 27.2 Å². The molecule has 0 fully saturated rings. The highest BCUT2D eigenvalue weighted by atomic mass is 16.5. The van der Waals surface area contributed by atoms with E-state index in [1.807, 2.05) is 13.8 Å². The highest BCUT2D eigenvalue weighted by Gasteiger charge is 2.15. The summed E-state index contributed by atoms with van der Waals surface area (Å²) in [4.78, 5) is 11.3. The van der Waals surface area contributed by atoms with Crippen molar-refractivity contribution in [2.75, 3.05) is 26.9 Å². The second-order valence-electron chi connectivity index (χ2n) is 3.62. The number of carbonyl (C=O) groups excluding carboxylic acids is 1. The first kappa shape index (κ1) is 14.4. The van der Waals surface area contributed by atoms with Gasteiger partial charge in [-0.15, -0.1) is 0 Å². The van der Waals surface area contributed by atoms with Crippen molar-refractivity contribution >= 4 is 5.97 Å². The summed E-state index contributed by atoms with van der Waals surface area (Å²) in [5, 5.41) is 3.28. The predicted molar refractivity (Wildman–Crippen MR) is 59.8 cm³/mol. The molecule has 2 unspecified atom stereocenters. The third-order valence-corrected chi connectivity index (χ3v) is 2.26. The summed E-state index contributed by atoms with van der Waals surface area (Å²) in [7, 11) is 1.68. The Balaban J connectivity index is 3.76. The quantitative estimate of drug-likeness (QED) is 0.621. The molecule has 0 radical (unpaired) electrons. The van der Waals surface area contributed by atoms with Gasteiger partial charge >= 0.3 is 5.97 Å². The second kappa shape index (κ2) is 8.68. The van der Waals surface area contributed by atoms with Crippen LogP contribution in [0.25, 0.3) is 0 Å². The standard InChI is InChI=1S/C11H23NO3/c1-5-10(8-14-4)12-7-9(3)11(13)15-6-2/h9-10,12H,5-8H2,1-4H3. The van der Waals surface area contributed by atoms with Gasteiger partial charge < -0.3 is 14.8 Å². The minimum Gasteiger partial charge on any atom is -0.466 e. The molecule has 90 valence electrons. The molecule has 0 saturated carbocycles. The molecule has 0 aromatic rings. The highest BCUT2D eigenvalue weighted by molar-refractivity contribution is 5.72. The van der Waals surface area contributed by atoms with Crippen molar-refractivity contribution in [3.63, 3.8) is 0 Å². The summed E-state index contributed by atoms with van der Waals surface area (Å²) in [6.07, 6.45) is 0.989. The zero-order valence-electron chi connectivity index (χ0n) is 10.2. The fraction of sp³-hybridized carbons (Fsp3) is 0.909. The molecule has 0 aromatic heterocycles. The summed E-state index contributed by atoms with van der Waals surface area (Å²) in [5.74, 6) is -0.242. The van der Waals surface area contributed by atoms with E-state index >= 15 is 0 Å². The topological polar surface area (TPSA) is 47.6 Å². The molecule has 0 aliphatic rings. The molecule has 0 heterocycles. The minimum atomic E-state index is -0.141. The van der Waals surface area contributed by atoms with Gasteiger partial charge in [0.1, 0.15) is 0 Å². The third kappa shape index (κ3) is 6.47. The molecule has 4 nitrogen and oxygen atoms in total. The number of carbonyl (C=O) groups is 1. The highest BCUT2D eigenvalue weighted by Crippen LogP contribution is 1.99. The number of rotatable bonds is 8. The van der Waals surface area contributed by atoms with Crippen LogP contribution in [-0.2, 0) is 14.3 Å². The lowest BCUT2D eigenvalue weighted by Crippen LogP contribution is -2.37. The predicted octanol–water partition coefficient (Wildman–Crippen LogP) is 1.20. The van der Waals surface area contributed by atoms with Gasteiger partial charge in [-0.2, -0.15) is 0 Å². The molecule has 1 N–H and O–H groups in total. The lowest BCUT2D eigenvalue weighted by Gasteiger charge is -2.18. The van der Waals surface area contributed by atoms with Crippen molar-refractivity contribution in [3.05, 3.63) is 0 Å². The monoisotopic (exact) mass is 217 g/mol. The van der Waals surface area contributed by atoms with Gasteiger partial charge in [-0.05, 0) is 13.3 Å².